The summed E-state index contributed by atoms with van der Waals surface area (Å²) in [6.07, 6.45) is 0. The minimum atomic E-state index is 0.688. The minimum Gasteiger partial charge on any atom is -0.383 e. The van der Waals surface area contributed by atoms with Gasteiger partial charge in [0.05, 0.1) is 6.61 Å². The van der Waals surface area contributed by atoms with E-state index in [9.17, 15) is 0 Å². The van der Waals surface area contributed by atoms with Crippen molar-refractivity contribution in [1.82, 2.24) is 4.90 Å². The van der Waals surface area contributed by atoms with Gasteiger partial charge in [0.15, 0.2) is 0 Å². The molecule has 0 bridgehead atoms. The van der Waals surface area contributed by atoms with E-state index in [0.29, 0.717) is 5.92 Å². The highest BCUT2D eigenvalue weighted by Gasteiger charge is 2.24. The summed E-state index contributed by atoms with van der Waals surface area (Å²) in [6.45, 7) is 6.35. The average molecular weight is 251 g/mol. The first-order valence-corrected chi connectivity index (χ1v) is 7.26. The maximum absolute atomic E-state index is 5.16. The van der Waals surface area contributed by atoms with Crippen LogP contribution in [0.4, 0.5) is 0 Å². The number of nitrogens with zero attached hydrogens (tertiary/aromatic N) is 1. The van der Waals surface area contributed by atoms with E-state index in [0.717, 1.165) is 26.2 Å². The van der Waals surface area contributed by atoms with Gasteiger partial charge in [0.2, 0.25) is 0 Å². The third-order valence-electron chi connectivity index (χ3n) is 3.34. The fourth-order valence-corrected chi connectivity index (χ4v) is 3.53. The van der Waals surface area contributed by atoms with Gasteiger partial charge in [-0.3, -0.25) is 0 Å². The highest BCUT2D eigenvalue weighted by atomic mass is 32.2. The number of hydrogen-bond acceptors (Lipinski definition) is 3. The monoisotopic (exact) mass is 251 g/mol. The van der Waals surface area contributed by atoms with Gasteiger partial charge in [-0.15, -0.1) is 11.8 Å². The Labute approximate surface area is 108 Å². The van der Waals surface area contributed by atoms with Crippen LogP contribution in [0.15, 0.2) is 29.2 Å². The van der Waals surface area contributed by atoms with Crippen molar-refractivity contribution in [2.45, 2.75) is 17.7 Å². The minimum absolute atomic E-state index is 0.688. The van der Waals surface area contributed by atoms with Crippen molar-refractivity contribution in [2.75, 3.05) is 39.1 Å². The number of likely N-dealkylation sites (N-methyl/N-ethyl adjacent to an activating group) is 1. The van der Waals surface area contributed by atoms with E-state index >= 15 is 0 Å². The fourth-order valence-electron chi connectivity index (χ4n) is 2.29. The van der Waals surface area contributed by atoms with Crippen molar-refractivity contribution >= 4 is 11.8 Å². The van der Waals surface area contributed by atoms with Gasteiger partial charge in [0, 0.05) is 36.8 Å². The van der Waals surface area contributed by atoms with Crippen molar-refractivity contribution in [3.05, 3.63) is 29.8 Å². The first kappa shape index (κ1) is 12.9. The molecule has 0 saturated heterocycles. The fraction of sp³-hybridized carbons (Fsp3) is 0.571. The second-order valence-corrected chi connectivity index (χ2v) is 5.49. The molecule has 0 amide bonds. The third-order valence-corrected chi connectivity index (χ3v) is 4.59. The van der Waals surface area contributed by atoms with Crippen molar-refractivity contribution < 1.29 is 4.74 Å². The maximum Gasteiger partial charge on any atom is 0.0589 e. The normalized spacial score (nSPS) is 18.6. The summed E-state index contributed by atoms with van der Waals surface area (Å²) in [5, 5.41) is 0. The molecule has 94 valence electrons. The van der Waals surface area contributed by atoms with Crippen LogP contribution < -0.4 is 0 Å². The Morgan fingerprint density at radius 2 is 2.24 bits per heavy atom. The van der Waals surface area contributed by atoms with Gasteiger partial charge in [-0.1, -0.05) is 25.1 Å². The predicted octanol–water partition coefficient (Wildman–Crippen LogP) is 2.84. The molecule has 1 aromatic rings. The van der Waals surface area contributed by atoms with Gasteiger partial charge in [-0.2, -0.15) is 0 Å². The average Bonchev–Trinajstić information content (AvgIpc) is 2.78. The van der Waals surface area contributed by atoms with Crippen LogP contribution in [-0.4, -0.2) is 44.0 Å². The Morgan fingerprint density at radius 1 is 1.41 bits per heavy atom. The van der Waals surface area contributed by atoms with Crippen LogP contribution in [0.1, 0.15) is 18.4 Å². The second kappa shape index (κ2) is 6.43. The molecule has 0 saturated carbocycles. The molecule has 1 aromatic carbocycles. The molecule has 2 rings (SSSR count). The molecule has 0 aromatic heterocycles. The van der Waals surface area contributed by atoms with E-state index in [1.54, 1.807) is 7.11 Å². The molecule has 17 heavy (non-hydrogen) atoms. The van der Waals surface area contributed by atoms with E-state index in [2.05, 4.69) is 36.1 Å². The molecule has 0 radical (unpaired) electrons. The van der Waals surface area contributed by atoms with E-state index in [4.69, 9.17) is 4.74 Å². The van der Waals surface area contributed by atoms with E-state index in [1.165, 1.54) is 16.2 Å². The van der Waals surface area contributed by atoms with Crippen LogP contribution in [0, 0.1) is 0 Å². The first-order valence-electron chi connectivity index (χ1n) is 6.28. The molecule has 0 fully saturated rings. The van der Waals surface area contributed by atoms with Crippen molar-refractivity contribution in [3.63, 3.8) is 0 Å². The zero-order valence-electron chi connectivity index (χ0n) is 10.7. The summed E-state index contributed by atoms with van der Waals surface area (Å²) in [5.41, 5.74) is 1.54. The van der Waals surface area contributed by atoms with Crippen LogP contribution in [-0.2, 0) is 4.74 Å². The lowest BCUT2D eigenvalue weighted by Crippen LogP contribution is -2.31. The van der Waals surface area contributed by atoms with E-state index < -0.39 is 0 Å². The zero-order valence-corrected chi connectivity index (χ0v) is 11.5. The summed E-state index contributed by atoms with van der Waals surface area (Å²) in [7, 11) is 1.77. The van der Waals surface area contributed by atoms with Gasteiger partial charge in [-0.25, -0.2) is 0 Å². The standard InChI is InChI=1S/C14H21NOS/c1-3-15(8-9-16-2)10-12-11-17-14-7-5-4-6-13(12)14/h4-7,12H,3,8-11H2,1-2H3. The number of methoxy groups -OCH3 is 1. The molecule has 1 unspecified atom stereocenters. The zero-order chi connectivity index (χ0) is 12.1. The smallest absolute Gasteiger partial charge is 0.0589 e. The third kappa shape index (κ3) is 3.24. The SMILES string of the molecule is CCN(CCOC)CC1CSc2ccccc21. The number of rotatable bonds is 6. The molecule has 2 nitrogen and oxygen atoms in total. The molecular formula is C14H21NOS. The predicted molar refractivity (Wildman–Crippen MR) is 73.9 cm³/mol. The summed E-state index contributed by atoms with van der Waals surface area (Å²) in [4.78, 5) is 3.96. The highest BCUT2D eigenvalue weighted by Crippen LogP contribution is 2.39. The second-order valence-electron chi connectivity index (χ2n) is 4.43. The van der Waals surface area contributed by atoms with E-state index in [1.807, 2.05) is 11.8 Å². The molecule has 0 aliphatic carbocycles. The molecule has 1 heterocycles. The summed E-state index contributed by atoms with van der Waals surface area (Å²) in [6, 6.07) is 8.81. The number of fused-ring (bicyclic) bond motifs is 1. The quantitative estimate of drug-likeness (QED) is 0.771. The molecule has 1 atom stereocenters. The Morgan fingerprint density at radius 3 is 3.00 bits per heavy atom. The van der Waals surface area contributed by atoms with Crippen LogP contribution >= 0.6 is 11.8 Å². The number of ether oxygens (including phenoxy) is 1. The van der Waals surface area contributed by atoms with Gasteiger partial charge in [-0.05, 0) is 18.2 Å². The maximum atomic E-state index is 5.16. The lowest BCUT2D eigenvalue weighted by atomic mass is 10.0. The molecule has 0 N–H and O–H groups in total. The molecular weight excluding hydrogens is 230 g/mol. The Balaban J connectivity index is 1.95. The van der Waals surface area contributed by atoms with Gasteiger partial charge in [0.1, 0.15) is 0 Å². The van der Waals surface area contributed by atoms with Crippen LogP contribution in [0.5, 0.6) is 0 Å². The highest BCUT2D eigenvalue weighted by molar-refractivity contribution is 7.99. The van der Waals surface area contributed by atoms with Crippen LogP contribution in [0.25, 0.3) is 0 Å². The first-order chi connectivity index (χ1) is 8.35. The number of thioether (sulfide) groups is 1. The Bertz CT molecular complexity index is 356. The van der Waals surface area contributed by atoms with Gasteiger partial charge < -0.3 is 9.64 Å². The number of hydrogen-bond donors (Lipinski definition) is 0. The van der Waals surface area contributed by atoms with Gasteiger partial charge in [0.25, 0.3) is 0 Å². The number of benzene rings is 1. The molecule has 1 aliphatic rings. The van der Waals surface area contributed by atoms with Crippen molar-refractivity contribution in [2.24, 2.45) is 0 Å². The summed E-state index contributed by atoms with van der Waals surface area (Å²) < 4.78 is 5.16. The molecule has 1 aliphatic heterocycles. The van der Waals surface area contributed by atoms with Crippen molar-refractivity contribution in [1.29, 1.82) is 0 Å². The Hall–Kier alpha value is -0.510. The lowest BCUT2D eigenvalue weighted by molar-refractivity contribution is 0.148. The van der Waals surface area contributed by atoms with Gasteiger partial charge >= 0.3 is 0 Å². The van der Waals surface area contributed by atoms with Crippen LogP contribution in [0.2, 0.25) is 0 Å². The molecule has 3 heteroatoms. The van der Waals surface area contributed by atoms with Crippen LogP contribution in [0.3, 0.4) is 0 Å². The summed E-state index contributed by atoms with van der Waals surface area (Å²) in [5.74, 6) is 1.91. The Kier molecular flexibility index (Phi) is 4.89. The molecule has 0 spiro atoms. The topological polar surface area (TPSA) is 12.5 Å². The van der Waals surface area contributed by atoms with Crippen molar-refractivity contribution in [3.8, 4) is 0 Å². The van der Waals surface area contributed by atoms with E-state index in [-0.39, 0.29) is 0 Å². The largest absolute Gasteiger partial charge is 0.383 e. The summed E-state index contributed by atoms with van der Waals surface area (Å²) >= 11 is 1.99. The lowest BCUT2D eigenvalue weighted by Gasteiger charge is -2.23.